The molecule has 0 fully saturated rings. The normalized spacial score (nSPS) is 11.6. The van der Waals surface area contributed by atoms with Gasteiger partial charge in [-0.1, -0.05) is 52.6 Å². The van der Waals surface area contributed by atoms with Crippen molar-refractivity contribution in [2.24, 2.45) is 0 Å². The summed E-state index contributed by atoms with van der Waals surface area (Å²) in [5.74, 6) is 0.985. The van der Waals surface area contributed by atoms with Gasteiger partial charge in [-0.25, -0.2) is 0 Å². The maximum Gasteiger partial charge on any atom is 0.250 e. The molecule has 90 valence electrons. The number of hydrogen-bond acceptors (Lipinski definition) is 1. The summed E-state index contributed by atoms with van der Waals surface area (Å²) in [7, 11) is -1.55. The van der Waals surface area contributed by atoms with E-state index in [0.717, 1.165) is 14.7 Å². The Hall–Kier alpha value is 0.197. The average Bonchev–Trinajstić information content (AvgIpc) is 2.25. The van der Waals surface area contributed by atoms with Gasteiger partial charge in [-0.15, -0.1) is 0 Å². The lowest BCUT2D eigenvalue weighted by Crippen LogP contribution is -2.39. The van der Waals surface area contributed by atoms with E-state index in [-0.39, 0.29) is 0 Å². The molecule has 0 spiro atoms. The van der Waals surface area contributed by atoms with Gasteiger partial charge in [0.15, 0.2) is 0 Å². The number of halogens is 2. The van der Waals surface area contributed by atoms with Crippen molar-refractivity contribution in [2.75, 3.05) is 0 Å². The molecular formula is C12H18Br2OSi. The van der Waals surface area contributed by atoms with Gasteiger partial charge in [0.1, 0.15) is 5.75 Å². The lowest BCUT2D eigenvalue weighted by Gasteiger charge is -2.29. The minimum Gasteiger partial charge on any atom is -0.543 e. The summed E-state index contributed by atoms with van der Waals surface area (Å²) >= 11 is 6.98. The third-order valence-electron chi connectivity index (χ3n) is 3.10. The fourth-order valence-electron chi connectivity index (χ4n) is 1.80. The second-order valence-corrected chi connectivity index (χ2v) is 10.5. The van der Waals surface area contributed by atoms with Crippen molar-refractivity contribution in [1.82, 2.24) is 0 Å². The van der Waals surface area contributed by atoms with Gasteiger partial charge in [0.25, 0.3) is 0 Å². The third-order valence-corrected chi connectivity index (χ3v) is 8.55. The molecule has 0 saturated carbocycles. The Balaban J connectivity index is 2.93. The Morgan fingerprint density at radius 1 is 0.938 bits per heavy atom. The Morgan fingerprint density at radius 3 is 1.75 bits per heavy atom. The summed E-state index contributed by atoms with van der Waals surface area (Å²) in [5.41, 5.74) is 0. The molecule has 0 amide bonds. The van der Waals surface area contributed by atoms with E-state index in [1.807, 2.05) is 18.2 Å². The molecule has 0 aliphatic rings. The molecular weight excluding hydrogens is 348 g/mol. The van der Waals surface area contributed by atoms with Gasteiger partial charge in [-0.05, 0) is 36.3 Å². The second-order valence-electron chi connectivity index (χ2n) is 3.95. The highest BCUT2D eigenvalue weighted by atomic mass is 79.9. The fraction of sp³-hybridized carbons (Fsp3) is 0.500. The lowest BCUT2D eigenvalue weighted by molar-refractivity contribution is 0.531. The van der Waals surface area contributed by atoms with Gasteiger partial charge < -0.3 is 4.43 Å². The SMILES string of the molecule is CC[Si](CC)(CC)Oc1cc(Br)cc(Br)c1. The zero-order valence-electron chi connectivity index (χ0n) is 10.0. The first-order chi connectivity index (χ1) is 7.55. The third kappa shape index (κ3) is 3.60. The zero-order chi connectivity index (χ0) is 12.2. The van der Waals surface area contributed by atoms with Gasteiger partial charge in [0, 0.05) is 8.95 Å². The van der Waals surface area contributed by atoms with Crippen LogP contribution in [0.5, 0.6) is 5.75 Å². The summed E-state index contributed by atoms with van der Waals surface area (Å²) in [6.07, 6.45) is 0. The Morgan fingerprint density at radius 2 is 1.38 bits per heavy atom. The molecule has 0 N–H and O–H groups in total. The number of rotatable bonds is 5. The van der Waals surface area contributed by atoms with Gasteiger partial charge in [-0.3, -0.25) is 0 Å². The average molecular weight is 366 g/mol. The highest BCUT2D eigenvalue weighted by Gasteiger charge is 2.30. The minimum absolute atomic E-state index is 0.985. The second kappa shape index (κ2) is 6.22. The zero-order valence-corrected chi connectivity index (χ0v) is 14.2. The molecule has 0 saturated heterocycles. The summed E-state index contributed by atoms with van der Waals surface area (Å²) in [6.45, 7) is 6.73. The molecule has 0 aromatic heterocycles. The highest BCUT2D eigenvalue weighted by Crippen LogP contribution is 2.30. The van der Waals surface area contributed by atoms with Crippen LogP contribution in [0, 0.1) is 0 Å². The van der Waals surface area contributed by atoms with Crippen LogP contribution in [0.4, 0.5) is 0 Å². The van der Waals surface area contributed by atoms with Crippen molar-refractivity contribution in [1.29, 1.82) is 0 Å². The lowest BCUT2D eigenvalue weighted by atomic mass is 10.3. The Labute approximate surface area is 116 Å². The van der Waals surface area contributed by atoms with Crippen LogP contribution in [0.3, 0.4) is 0 Å². The van der Waals surface area contributed by atoms with E-state index >= 15 is 0 Å². The van der Waals surface area contributed by atoms with E-state index in [2.05, 4.69) is 52.6 Å². The summed E-state index contributed by atoms with van der Waals surface area (Å²) in [4.78, 5) is 0. The predicted octanol–water partition coefficient (Wildman–Crippen LogP) is 5.60. The molecule has 4 heteroatoms. The summed E-state index contributed by atoms with van der Waals surface area (Å²) < 4.78 is 8.41. The van der Waals surface area contributed by atoms with E-state index < -0.39 is 8.32 Å². The molecule has 0 heterocycles. The topological polar surface area (TPSA) is 9.23 Å². The van der Waals surface area contributed by atoms with Crippen LogP contribution in [-0.2, 0) is 0 Å². The summed E-state index contributed by atoms with van der Waals surface area (Å²) in [5, 5.41) is 0. The Kier molecular flexibility index (Phi) is 5.54. The van der Waals surface area contributed by atoms with Gasteiger partial charge in [0.2, 0.25) is 8.32 Å². The van der Waals surface area contributed by atoms with Crippen LogP contribution in [0.15, 0.2) is 27.1 Å². The Bertz CT molecular complexity index is 322. The first-order valence-electron chi connectivity index (χ1n) is 5.70. The highest BCUT2D eigenvalue weighted by molar-refractivity contribution is 9.11. The number of benzene rings is 1. The predicted molar refractivity (Wildman–Crippen MR) is 79.7 cm³/mol. The van der Waals surface area contributed by atoms with E-state index in [1.54, 1.807) is 0 Å². The van der Waals surface area contributed by atoms with Crippen LogP contribution >= 0.6 is 31.9 Å². The van der Waals surface area contributed by atoms with Crippen molar-refractivity contribution in [2.45, 2.75) is 38.9 Å². The molecule has 1 rings (SSSR count). The van der Waals surface area contributed by atoms with Gasteiger partial charge in [-0.2, -0.15) is 0 Å². The van der Waals surface area contributed by atoms with Crippen LogP contribution in [0.1, 0.15) is 20.8 Å². The monoisotopic (exact) mass is 364 g/mol. The summed E-state index contributed by atoms with van der Waals surface area (Å²) in [6, 6.07) is 9.64. The van der Waals surface area contributed by atoms with E-state index in [0.29, 0.717) is 0 Å². The van der Waals surface area contributed by atoms with Crippen molar-refractivity contribution < 1.29 is 4.43 Å². The van der Waals surface area contributed by atoms with Crippen molar-refractivity contribution in [3.63, 3.8) is 0 Å². The molecule has 0 aliphatic carbocycles. The molecule has 1 aromatic carbocycles. The van der Waals surface area contributed by atoms with E-state index in [1.165, 1.54) is 18.1 Å². The maximum atomic E-state index is 6.29. The molecule has 0 unspecified atom stereocenters. The molecule has 1 aromatic rings. The van der Waals surface area contributed by atoms with Crippen molar-refractivity contribution in [3.05, 3.63) is 27.1 Å². The van der Waals surface area contributed by atoms with Crippen LogP contribution < -0.4 is 4.43 Å². The molecule has 0 radical (unpaired) electrons. The van der Waals surface area contributed by atoms with Gasteiger partial charge >= 0.3 is 0 Å². The molecule has 16 heavy (non-hydrogen) atoms. The van der Waals surface area contributed by atoms with E-state index in [9.17, 15) is 0 Å². The first-order valence-corrected chi connectivity index (χ1v) is 9.82. The smallest absolute Gasteiger partial charge is 0.250 e. The van der Waals surface area contributed by atoms with Gasteiger partial charge in [0.05, 0.1) is 0 Å². The molecule has 0 aliphatic heterocycles. The first kappa shape index (κ1) is 14.3. The fourth-order valence-corrected chi connectivity index (χ4v) is 5.61. The quantitative estimate of drug-likeness (QED) is 0.617. The maximum absolute atomic E-state index is 6.29. The molecule has 0 bridgehead atoms. The molecule has 0 atom stereocenters. The van der Waals surface area contributed by atoms with Crippen LogP contribution in [0.2, 0.25) is 18.1 Å². The van der Waals surface area contributed by atoms with Crippen molar-refractivity contribution in [3.8, 4) is 5.75 Å². The minimum atomic E-state index is -1.55. The van der Waals surface area contributed by atoms with E-state index in [4.69, 9.17) is 4.43 Å². The number of hydrogen-bond donors (Lipinski definition) is 0. The molecule has 1 nitrogen and oxygen atoms in total. The standard InChI is InChI=1S/C12H18Br2OSi/c1-4-16(5-2,6-3)15-12-8-10(13)7-11(14)9-12/h7-9H,4-6H2,1-3H3. The largest absolute Gasteiger partial charge is 0.543 e. The van der Waals surface area contributed by atoms with Crippen LogP contribution in [0.25, 0.3) is 0 Å². The van der Waals surface area contributed by atoms with Crippen LogP contribution in [-0.4, -0.2) is 8.32 Å². The van der Waals surface area contributed by atoms with Crippen molar-refractivity contribution >= 4 is 40.2 Å².